The van der Waals surface area contributed by atoms with Gasteiger partial charge in [-0.1, -0.05) is 0 Å². The Bertz CT molecular complexity index is 939. The SMILES string of the molecule is Cc1sc(-c2nnc(C3CC3)o2)cc1NC(=O)c1ccc(N(C)C)cc1. The number of rotatable bonds is 5. The van der Waals surface area contributed by atoms with Gasteiger partial charge in [0.1, 0.15) is 0 Å². The zero-order valence-electron chi connectivity index (χ0n) is 14.9. The average molecular weight is 368 g/mol. The molecular weight excluding hydrogens is 348 g/mol. The highest BCUT2D eigenvalue weighted by Crippen LogP contribution is 2.41. The normalized spacial score (nSPS) is 13.7. The van der Waals surface area contributed by atoms with E-state index in [2.05, 4.69) is 15.5 Å². The standard InChI is InChI=1S/C19H20N4O2S/c1-11-15(20-17(24)12-6-8-14(9-7-12)23(2)3)10-16(26-11)19-22-21-18(25-19)13-4-5-13/h6-10,13H,4-5H2,1-3H3,(H,20,24). The number of thiophene rings is 1. The predicted molar refractivity (Wildman–Crippen MR) is 103 cm³/mol. The van der Waals surface area contributed by atoms with Crippen molar-refractivity contribution in [2.45, 2.75) is 25.7 Å². The molecule has 1 aliphatic rings. The highest BCUT2D eigenvalue weighted by atomic mass is 32.1. The molecule has 26 heavy (non-hydrogen) atoms. The van der Waals surface area contributed by atoms with Gasteiger partial charge in [0, 0.05) is 36.1 Å². The number of carbonyl (C=O) groups excluding carboxylic acids is 1. The third kappa shape index (κ3) is 3.35. The van der Waals surface area contributed by atoms with Gasteiger partial charge in [-0.25, -0.2) is 0 Å². The molecule has 1 aromatic carbocycles. The molecule has 1 fully saturated rings. The van der Waals surface area contributed by atoms with Crippen LogP contribution in [0.3, 0.4) is 0 Å². The van der Waals surface area contributed by atoms with Gasteiger partial charge in [-0.15, -0.1) is 21.5 Å². The molecule has 0 bridgehead atoms. The van der Waals surface area contributed by atoms with Crippen LogP contribution in [0.5, 0.6) is 0 Å². The highest BCUT2D eigenvalue weighted by molar-refractivity contribution is 7.15. The molecule has 1 amide bonds. The van der Waals surface area contributed by atoms with Gasteiger partial charge in [0.15, 0.2) is 0 Å². The van der Waals surface area contributed by atoms with E-state index in [1.807, 2.05) is 56.3 Å². The molecule has 4 rings (SSSR count). The number of hydrogen-bond donors (Lipinski definition) is 1. The third-order valence-corrected chi connectivity index (χ3v) is 5.43. The number of aromatic nitrogens is 2. The maximum Gasteiger partial charge on any atom is 0.257 e. The number of hydrogen-bond acceptors (Lipinski definition) is 6. The van der Waals surface area contributed by atoms with E-state index in [1.54, 1.807) is 0 Å². The molecule has 2 aromatic heterocycles. The van der Waals surface area contributed by atoms with E-state index in [0.29, 0.717) is 17.4 Å². The molecule has 6 nitrogen and oxygen atoms in total. The molecule has 0 spiro atoms. The summed E-state index contributed by atoms with van der Waals surface area (Å²) in [6.07, 6.45) is 2.25. The second-order valence-corrected chi connectivity index (χ2v) is 7.95. The molecule has 0 unspecified atom stereocenters. The van der Waals surface area contributed by atoms with Gasteiger partial charge in [0.25, 0.3) is 11.8 Å². The number of amides is 1. The lowest BCUT2D eigenvalue weighted by atomic mass is 10.2. The van der Waals surface area contributed by atoms with Crippen LogP contribution in [0.1, 0.15) is 39.9 Å². The van der Waals surface area contributed by atoms with Crippen LogP contribution >= 0.6 is 11.3 Å². The van der Waals surface area contributed by atoms with Crippen LogP contribution in [-0.2, 0) is 0 Å². The highest BCUT2D eigenvalue weighted by Gasteiger charge is 2.29. The Morgan fingerprint density at radius 3 is 2.62 bits per heavy atom. The quantitative estimate of drug-likeness (QED) is 0.727. The van der Waals surface area contributed by atoms with E-state index < -0.39 is 0 Å². The Kier molecular flexibility index (Phi) is 4.24. The van der Waals surface area contributed by atoms with E-state index in [9.17, 15) is 4.79 Å². The average Bonchev–Trinajstić information content (AvgIpc) is 3.25. The summed E-state index contributed by atoms with van der Waals surface area (Å²) in [4.78, 5) is 16.4. The summed E-state index contributed by atoms with van der Waals surface area (Å²) in [5.74, 6) is 1.54. The number of carbonyl (C=O) groups is 1. The Balaban J connectivity index is 1.50. The zero-order chi connectivity index (χ0) is 18.3. The number of aryl methyl sites for hydroxylation is 1. The van der Waals surface area contributed by atoms with Gasteiger partial charge < -0.3 is 14.6 Å². The van der Waals surface area contributed by atoms with Crippen molar-refractivity contribution in [1.82, 2.24) is 10.2 Å². The van der Waals surface area contributed by atoms with E-state index >= 15 is 0 Å². The van der Waals surface area contributed by atoms with Gasteiger partial charge in [0.05, 0.1) is 10.6 Å². The minimum absolute atomic E-state index is 0.132. The summed E-state index contributed by atoms with van der Waals surface area (Å²) in [5, 5.41) is 11.2. The van der Waals surface area contributed by atoms with Crippen molar-refractivity contribution < 1.29 is 9.21 Å². The molecule has 1 aliphatic carbocycles. The molecule has 0 saturated heterocycles. The first kappa shape index (κ1) is 16.8. The van der Waals surface area contributed by atoms with Crippen molar-refractivity contribution in [1.29, 1.82) is 0 Å². The molecule has 0 aliphatic heterocycles. The lowest BCUT2D eigenvalue weighted by molar-refractivity contribution is 0.102. The molecule has 1 saturated carbocycles. The third-order valence-electron chi connectivity index (χ3n) is 4.39. The van der Waals surface area contributed by atoms with E-state index in [0.717, 1.165) is 39.9 Å². The summed E-state index contributed by atoms with van der Waals surface area (Å²) in [7, 11) is 3.94. The predicted octanol–water partition coefficient (Wildman–Crippen LogP) is 4.30. The Labute approximate surface area is 155 Å². The smallest absolute Gasteiger partial charge is 0.257 e. The van der Waals surface area contributed by atoms with Crippen LogP contribution in [0.2, 0.25) is 0 Å². The van der Waals surface area contributed by atoms with Gasteiger partial charge in [-0.05, 0) is 50.1 Å². The van der Waals surface area contributed by atoms with E-state index in [-0.39, 0.29) is 5.91 Å². The Hall–Kier alpha value is -2.67. The summed E-state index contributed by atoms with van der Waals surface area (Å²) < 4.78 is 5.76. The summed E-state index contributed by atoms with van der Waals surface area (Å²) >= 11 is 1.54. The summed E-state index contributed by atoms with van der Waals surface area (Å²) in [6, 6.07) is 9.41. The number of nitrogens with one attached hydrogen (secondary N) is 1. The first-order valence-electron chi connectivity index (χ1n) is 8.54. The van der Waals surface area contributed by atoms with E-state index in [1.165, 1.54) is 11.3 Å². The topological polar surface area (TPSA) is 71.3 Å². The van der Waals surface area contributed by atoms with Crippen molar-refractivity contribution in [3.05, 3.63) is 46.7 Å². The van der Waals surface area contributed by atoms with Gasteiger partial charge in [-0.2, -0.15) is 0 Å². The van der Waals surface area contributed by atoms with Gasteiger partial charge in [0.2, 0.25) is 5.89 Å². The van der Waals surface area contributed by atoms with Crippen molar-refractivity contribution in [3.8, 4) is 10.8 Å². The molecule has 134 valence electrons. The first-order valence-corrected chi connectivity index (χ1v) is 9.36. The fourth-order valence-corrected chi connectivity index (χ4v) is 3.54. The Morgan fingerprint density at radius 1 is 1.23 bits per heavy atom. The van der Waals surface area contributed by atoms with Crippen LogP contribution in [0, 0.1) is 6.92 Å². The number of anilines is 2. The fraction of sp³-hybridized carbons (Fsp3) is 0.316. The molecule has 2 heterocycles. The zero-order valence-corrected chi connectivity index (χ0v) is 15.8. The van der Waals surface area contributed by atoms with Gasteiger partial charge in [-0.3, -0.25) is 4.79 Å². The van der Waals surface area contributed by atoms with Crippen molar-refractivity contribution in [3.63, 3.8) is 0 Å². The second kappa shape index (κ2) is 6.57. The van der Waals surface area contributed by atoms with Crippen LogP contribution in [0.4, 0.5) is 11.4 Å². The number of benzene rings is 1. The molecule has 3 aromatic rings. The van der Waals surface area contributed by atoms with Crippen LogP contribution in [0.25, 0.3) is 10.8 Å². The van der Waals surface area contributed by atoms with Crippen molar-refractivity contribution in [2.24, 2.45) is 0 Å². The molecule has 1 N–H and O–H groups in total. The lowest BCUT2D eigenvalue weighted by Gasteiger charge is -2.12. The molecule has 7 heteroatoms. The second-order valence-electron chi connectivity index (χ2n) is 6.70. The monoisotopic (exact) mass is 368 g/mol. The summed E-state index contributed by atoms with van der Waals surface area (Å²) in [5.41, 5.74) is 2.45. The van der Waals surface area contributed by atoms with Gasteiger partial charge >= 0.3 is 0 Å². The van der Waals surface area contributed by atoms with Crippen LogP contribution in [0.15, 0.2) is 34.7 Å². The van der Waals surface area contributed by atoms with Crippen molar-refractivity contribution >= 4 is 28.6 Å². The number of nitrogens with zero attached hydrogens (tertiary/aromatic N) is 3. The van der Waals surface area contributed by atoms with E-state index in [4.69, 9.17) is 4.42 Å². The minimum Gasteiger partial charge on any atom is -0.420 e. The molecule has 0 atom stereocenters. The van der Waals surface area contributed by atoms with Crippen molar-refractivity contribution in [2.75, 3.05) is 24.3 Å². The molecular formula is C19H20N4O2S. The maximum atomic E-state index is 12.5. The molecule has 0 radical (unpaired) electrons. The Morgan fingerprint density at radius 2 is 1.96 bits per heavy atom. The fourth-order valence-electron chi connectivity index (χ4n) is 2.65. The summed E-state index contributed by atoms with van der Waals surface area (Å²) in [6.45, 7) is 1.97. The van der Waals surface area contributed by atoms with Crippen LogP contribution < -0.4 is 10.2 Å². The lowest BCUT2D eigenvalue weighted by Crippen LogP contribution is -2.13. The first-order chi connectivity index (χ1) is 12.5. The largest absolute Gasteiger partial charge is 0.420 e. The van der Waals surface area contributed by atoms with Crippen LogP contribution in [-0.4, -0.2) is 30.2 Å². The maximum absolute atomic E-state index is 12.5. The minimum atomic E-state index is -0.132.